The molecule has 17 heavy (non-hydrogen) atoms. The molecule has 0 rings (SSSR count). The smallest absolute Gasteiger partial charge is 0.419 e. The lowest BCUT2D eigenvalue weighted by atomic mass is 10.3. The van der Waals surface area contributed by atoms with Gasteiger partial charge in [0.25, 0.3) is 0 Å². The van der Waals surface area contributed by atoms with Gasteiger partial charge in [0.15, 0.2) is 16.6 Å². The molecule has 0 aliphatic rings. The van der Waals surface area contributed by atoms with Crippen LogP contribution in [-0.4, -0.2) is 39.3 Å². The van der Waals surface area contributed by atoms with Gasteiger partial charge in [0.1, 0.15) is 0 Å². The van der Waals surface area contributed by atoms with E-state index in [1.54, 1.807) is 0 Å². The Hall–Kier alpha value is 0.491. The second kappa shape index (κ2) is 7.82. The molecular formula is C10H29NO3Si3. The molecule has 2 N–H and O–H groups in total. The van der Waals surface area contributed by atoms with Gasteiger partial charge in [-0.25, -0.2) is 0 Å². The molecule has 0 saturated heterocycles. The molecule has 0 aromatic rings. The maximum atomic E-state index is 6.03. The third-order valence-corrected chi connectivity index (χ3v) is 9.46. The van der Waals surface area contributed by atoms with Gasteiger partial charge in [0, 0.05) is 6.61 Å². The van der Waals surface area contributed by atoms with E-state index in [0.717, 1.165) is 19.4 Å². The van der Waals surface area contributed by atoms with Gasteiger partial charge in [-0.3, -0.25) is 0 Å². The molecule has 0 aliphatic heterocycles. The topological polar surface area (TPSA) is 53.7 Å². The quantitative estimate of drug-likeness (QED) is 0.523. The first-order chi connectivity index (χ1) is 7.64. The molecule has 7 heteroatoms. The van der Waals surface area contributed by atoms with Crippen molar-refractivity contribution in [3.05, 3.63) is 0 Å². The average molecular weight is 296 g/mol. The lowest BCUT2D eigenvalue weighted by Gasteiger charge is -2.29. The third-order valence-electron chi connectivity index (χ3n) is 1.75. The highest BCUT2D eigenvalue weighted by Gasteiger charge is 2.29. The molecule has 0 atom stereocenters. The molecule has 0 amide bonds. The van der Waals surface area contributed by atoms with Crippen LogP contribution in [0.5, 0.6) is 0 Å². The second-order valence-corrected chi connectivity index (χ2v) is 17.4. The third kappa shape index (κ3) is 12.7. The summed E-state index contributed by atoms with van der Waals surface area (Å²) in [5, 5.41) is 0. The summed E-state index contributed by atoms with van der Waals surface area (Å²) in [6.07, 6.45) is 1.99. The molecule has 0 saturated carbocycles. The van der Waals surface area contributed by atoms with Crippen molar-refractivity contribution in [2.75, 3.05) is 13.2 Å². The Balaban J connectivity index is 4.12. The Labute approximate surface area is 110 Å². The lowest BCUT2D eigenvalue weighted by molar-refractivity contribution is 0.193. The van der Waals surface area contributed by atoms with Crippen LogP contribution in [-0.2, 0) is 12.7 Å². The van der Waals surface area contributed by atoms with Gasteiger partial charge in [-0.15, -0.1) is 0 Å². The first-order valence-corrected chi connectivity index (χ1v) is 14.5. The van der Waals surface area contributed by atoms with Crippen LogP contribution < -0.4 is 5.73 Å². The monoisotopic (exact) mass is 295 g/mol. The van der Waals surface area contributed by atoms with E-state index in [1.165, 1.54) is 0 Å². The van der Waals surface area contributed by atoms with Crippen molar-refractivity contribution >= 4 is 26.2 Å². The van der Waals surface area contributed by atoms with Crippen LogP contribution in [0.3, 0.4) is 0 Å². The summed E-state index contributed by atoms with van der Waals surface area (Å²) in [4.78, 5) is 0. The molecule has 0 aromatic carbocycles. The Kier molecular flexibility index (Phi) is 8.05. The predicted molar refractivity (Wildman–Crippen MR) is 80.3 cm³/mol. The summed E-state index contributed by atoms with van der Waals surface area (Å²) in [5.74, 6) is 0. The molecule has 0 fully saturated rings. The first kappa shape index (κ1) is 17.5. The summed E-state index contributed by atoms with van der Waals surface area (Å²) in [7, 11) is -5.10. The molecule has 0 aliphatic carbocycles. The van der Waals surface area contributed by atoms with Crippen molar-refractivity contribution in [1.82, 2.24) is 0 Å². The van der Waals surface area contributed by atoms with Gasteiger partial charge >= 0.3 is 9.53 Å². The van der Waals surface area contributed by atoms with E-state index < -0.39 is 26.2 Å². The fraction of sp³-hybridized carbons (Fsp3) is 1.00. The number of rotatable bonds is 9. The molecular weight excluding hydrogens is 266 g/mol. The van der Waals surface area contributed by atoms with Crippen molar-refractivity contribution in [3.8, 4) is 0 Å². The van der Waals surface area contributed by atoms with E-state index in [4.69, 9.17) is 18.4 Å². The number of nitrogens with two attached hydrogens (primary N) is 1. The summed E-state index contributed by atoms with van der Waals surface area (Å²) < 4.78 is 17.9. The zero-order valence-electron chi connectivity index (χ0n) is 12.2. The van der Waals surface area contributed by atoms with Gasteiger partial charge in [0.05, 0.1) is 0 Å². The van der Waals surface area contributed by atoms with E-state index in [2.05, 4.69) is 39.3 Å². The van der Waals surface area contributed by atoms with Crippen LogP contribution in [0, 0.1) is 0 Å². The SMILES string of the molecule is C[Si](C)(C)O[SiH](OCCCCN)O[Si](C)(C)C. The Morgan fingerprint density at radius 3 is 1.71 bits per heavy atom. The van der Waals surface area contributed by atoms with Crippen LogP contribution >= 0.6 is 0 Å². The zero-order chi connectivity index (χ0) is 13.5. The molecule has 0 spiro atoms. The Morgan fingerprint density at radius 2 is 1.35 bits per heavy atom. The highest BCUT2D eigenvalue weighted by atomic mass is 28.5. The molecule has 0 radical (unpaired) electrons. The molecule has 0 aromatic heterocycles. The molecule has 4 nitrogen and oxygen atoms in total. The minimum atomic E-state index is -1.94. The van der Waals surface area contributed by atoms with Crippen LogP contribution in [0.4, 0.5) is 0 Å². The van der Waals surface area contributed by atoms with E-state index in [-0.39, 0.29) is 0 Å². The highest BCUT2D eigenvalue weighted by Crippen LogP contribution is 2.12. The lowest BCUT2D eigenvalue weighted by Crippen LogP contribution is -2.45. The van der Waals surface area contributed by atoms with Crippen molar-refractivity contribution in [3.63, 3.8) is 0 Å². The van der Waals surface area contributed by atoms with Crippen molar-refractivity contribution < 1.29 is 12.7 Å². The summed E-state index contributed by atoms with van der Waals surface area (Å²) in [6.45, 7) is 14.5. The Morgan fingerprint density at radius 1 is 0.882 bits per heavy atom. The van der Waals surface area contributed by atoms with E-state index in [9.17, 15) is 0 Å². The summed E-state index contributed by atoms with van der Waals surface area (Å²) in [6, 6.07) is 0. The minimum Gasteiger partial charge on any atom is -0.419 e. The number of unbranched alkanes of at least 4 members (excludes halogenated alkanes) is 1. The zero-order valence-corrected chi connectivity index (χ0v) is 15.4. The van der Waals surface area contributed by atoms with Gasteiger partial charge in [0.2, 0.25) is 0 Å². The van der Waals surface area contributed by atoms with Crippen LogP contribution in [0.25, 0.3) is 0 Å². The van der Waals surface area contributed by atoms with E-state index in [0.29, 0.717) is 6.61 Å². The fourth-order valence-electron chi connectivity index (χ4n) is 1.10. The minimum absolute atomic E-state index is 0.711. The van der Waals surface area contributed by atoms with Crippen molar-refractivity contribution in [2.45, 2.75) is 52.1 Å². The Bertz CT molecular complexity index is 188. The van der Waals surface area contributed by atoms with Crippen LogP contribution in [0.1, 0.15) is 12.8 Å². The van der Waals surface area contributed by atoms with E-state index >= 15 is 0 Å². The fourth-order valence-corrected chi connectivity index (χ4v) is 7.24. The summed E-state index contributed by atoms with van der Waals surface area (Å²) in [5.41, 5.74) is 5.46. The maximum absolute atomic E-state index is 6.03. The van der Waals surface area contributed by atoms with Crippen LogP contribution in [0.15, 0.2) is 0 Å². The normalized spacial score (nSPS) is 13.4. The molecule has 0 bridgehead atoms. The maximum Gasteiger partial charge on any atom is 0.463 e. The van der Waals surface area contributed by atoms with E-state index in [1.807, 2.05) is 0 Å². The first-order valence-electron chi connectivity index (χ1n) is 6.31. The summed E-state index contributed by atoms with van der Waals surface area (Å²) >= 11 is 0. The van der Waals surface area contributed by atoms with Gasteiger partial charge < -0.3 is 18.4 Å². The van der Waals surface area contributed by atoms with Gasteiger partial charge in [-0.1, -0.05) is 0 Å². The second-order valence-electron chi connectivity index (χ2n) is 6.12. The predicted octanol–water partition coefficient (Wildman–Crippen LogP) is 2.16. The average Bonchev–Trinajstić information content (AvgIpc) is 2.06. The van der Waals surface area contributed by atoms with Crippen LogP contribution in [0.2, 0.25) is 39.3 Å². The highest BCUT2D eigenvalue weighted by molar-refractivity contribution is 6.79. The largest absolute Gasteiger partial charge is 0.463 e. The molecule has 0 unspecified atom stereocenters. The van der Waals surface area contributed by atoms with Gasteiger partial charge in [-0.05, 0) is 58.7 Å². The standard InChI is InChI=1S/C10H29NO3Si3/c1-16(2,3)13-15(14-17(4,5)6)12-10-8-7-9-11/h15H,7-11H2,1-6H3. The van der Waals surface area contributed by atoms with Gasteiger partial charge in [-0.2, -0.15) is 0 Å². The number of hydrogen-bond acceptors (Lipinski definition) is 4. The number of hydrogen-bond donors (Lipinski definition) is 1. The molecule has 104 valence electrons. The van der Waals surface area contributed by atoms with Crippen molar-refractivity contribution in [1.29, 1.82) is 0 Å². The van der Waals surface area contributed by atoms with Crippen molar-refractivity contribution in [2.24, 2.45) is 5.73 Å². The molecule has 0 heterocycles.